The maximum Gasteiger partial charge on any atom is 0.222 e. The number of hydrogen-bond donors (Lipinski definition) is 2. The minimum atomic E-state index is 0.0192. The first kappa shape index (κ1) is 19.7. The van der Waals surface area contributed by atoms with E-state index >= 15 is 0 Å². The maximum atomic E-state index is 9.56. The van der Waals surface area contributed by atoms with Crippen molar-refractivity contribution in [3.8, 4) is 17.3 Å². The van der Waals surface area contributed by atoms with Crippen LogP contribution in [0.4, 0.5) is 17.5 Å². The lowest BCUT2D eigenvalue weighted by molar-refractivity contribution is 0.374. The molecular weight excluding hydrogens is 372 g/mol. The fourth-order valence-corrected chi connectivity index (χ4v) is 4.52. The molecule has 0 fully saturated rings. The van der Waals surface area contributed by atoms with Crippen LogP contribution in [0.1, 0.15) is 49.8 Å². The second-order valence-electron chi connectivity index (χ2n) is 8.57. The average molecular weight is 399 g/mol. The van der Waals surface area contributed by atoms with E-state index in [0.29, 0.717) is 11.6 Å². The monoisotopic (exact) mass is 398 g/mol. The summed E-state index contributed by atoms with van der Waals surface area (Å²) in [5.41, 5.74) is 17.0. The van der Waals surface area contributed by atoms with Crippen LogP contribution >= 0.6 is 0 Å². The van der Waals surface area contributed by atoms with Crippen LogP contribution in [0.2, 0.25) is 0 Å². The minimum absolute atomic E-state index is 0.0192. The Kier molecular flexibility index (Phi) is 4.83. The summed E-state index contributed by atoms with van der Waals surface area (Å²) >= 11 is 0. The lowest BCUT2D eigenvalue weighted by Gasteiger charge is -2.47. The highest BCUT2D eigenvalue weighted by Gasteiger charge is 2.36. The van der Waals surface area contributed by atoms with Crippen molar-refractivity contribution in [2.24, 2.45) is 0 Å². The SMILES string of the molecule is CC1CC(C)(C)N(Cc2ccccc2)c2ccc(-c3nc(N)nc(N)c3C#N)cc21. The topological polar surface area (TPSA) is 105 Å². The lowest BCUT2D eigenvalue weighted by atomic mass is 9.79. The molecule has 0 bridgehead atoms. The van der Waals surface area contributed by atoms with Gasteiger partial charge < -0.3 is 16.4 Å². The molecule has 0 saturated carbocycles. The average Bonchev–Trinajstić information content (AvgIpc) is 2.71. The quantitative estimate of drug-likeness (QED) is 0.674. The minimum Gasteiger partial charge on any atom is -0.382 e. The van der Waals surface area contributed by atoms with Gasteiger partial charge in [0.2, 0.25) is 5.95 Å². The molecule has 0 saturated heterocycles. The van der Waals surface area contributed by atoms with Gasteiger partial charge in [-0.1, -0.05) is 43.3 Å². The highest BCUT2D eigenvalue weighted by atomic mass is 15.2. The van der Waals surface area contributed by atoms with Crippen LogP contribution in [0.15, 0.2) is 48.5 Å². The van der Waals surface area contributed by atoms with E-state index in [1.54, 1.807) is 0 Å². The molecule has 6 nitrogen and oxygen atoms in total. The number of benzene rings is 2. The Morgan fingerprint density at radius 2 is 1.87 bits per heavy atom. The number of fused-ring (bicyclic) bond motifs is 1. The smallest absolute Gasteiger partial charge is 0.222 e. The number of nitrogen functional groups attached to an aromatic ring is 2. The van der Waals surface area contributed by atoms with Gasteiger partial charge >= 0.3 is 0 Å². The molecule has 6 heteroatoms. The molecule has 1 aliphatic heterocycles. The van der Waals surface area contributed by atoms with Crippen LogP contribution < -0.4 is 16.4 Å². The summed E-state index contributed by atoms with van der Waals surface area (Å²) < 4.78 is 0. The molecule has 0 amide bonds. The van der Waals surface area contributed by atoms with Crippen molar-refractivity contribution in [3.63, 3.8) is 0 Å². The Morgan fingerprint density at radius 3 is 2.57 bits per heavy atom. The third-order valence-electron chi connectivity index (χ3n) is 5.91. The van der Waals surface area contributed by atoms with E-state index in [1.807, 2.05) is 12.1 Å². The van der Waals surface area contributed by atoms with Crippen LogP contribution in [0.25, 0.3) is 11.3 Å². The number of aromatic nitrogens is 2. The molecule has 1 aliphatic rings. The van der Waals surface area contributed by atoms with E-state index < -0.39 is 0 Å². The zero-order chi connectivity index (χ0) is 21.5. The van der Waals surface area contributed by atoms with Crippen molar-refractivity contribution in [2.75, 3.05) is 16.4 Å². The fraction of sp³-hybridized carbons (Fsp3) is 0.292. The van der Waals surface area contributed by atoms with Gasteiger partial charge in [-0.15, -0.1) is 0 Å². The second-order valence-corrected chi connectivity index (χ2v) is 8.57. The summed E-state index contributed by atoms with van der Waals surface area (Å²) in [6, 6.07) is 18.9. The van der Waals surface area contributed by atoms with Crippen molar-refractivity contribution in [2.45, 2.75) is 45.2 Å². The van der Waals surface area contributed by atoms with Gasteiger partial charge in [0.1, 0.15) is 17.5 Å². The molecular formula is C24H26N6. The van der Waals surface area contributed by atoms with Gasteiger partial charge in [-0.2, -0.15) is 10.2 Å². The standard InChI is InChI=1S/C24H26N6/c1-15-12-24(2,3)30(14-16-7-5-4-6-8-16)20-10-9-17(11-18(15)20)21-19(13-25)22(26)29-23(27)28-21/h4-11,15H,12,14H2,1-3H3,(H4,26,27,28,29). The van der Waals surface area contributed by atoms with Crippen LogP contribution in [-0.4, -0.2) is 15.5 Å². The number of anilines is 3. The third kappa shape index (κ3) is 3.43. The Morgan fingerprint density at radius 1 is 1.13 bits per heavy atom. The predicted octanol–water partition coefficient (Wildman–Crippen LogP) is 4.47. The maximum absolute atomic E-state index is 9.56. The first-order valence-corrected chi connectivity index (χ1v) is 10.1. The molecule has 0 spiro atoms. The van der Waals surface area contributed by atoms with Gasteiger partial charge in [0.05, 0.1) is 5.69 Å². The highest BCUT2D eigenvalue weighted by Crippen LogP contribution is 2.45. The van der Waals surface area contributed by atoms with Gasteiger partial charge in [0.15, 0.2) is 0 Å². The van der Waals surface area contributed by atoms with Crippen LogP contribution in [-0.2, 0) is 6.54 Å². The fourth-order valence-electron chi connectivity index (χ4n) is 4.52. The third-order valence-corrected chi connectivity index (χ3v) is 5.91. The van der Waals surface area contributed by atoms with Crippen LogP contribution in [0.5, 0.6) is 0 Å². The molecule has 3 aromatic rings. The van der Waals surface area contributed by atoms with Gasteiger partial charge in [-0.05, 0) is 49.4 Å². The van der Waals surface area contributed by atoms with Gasteiger partial charge in [0.25, 0.3) is 0 Å². The summed E-state index contributed by atoms with van der Waals surface area (Å²) in [5.74, 6) is 0.542. The van der Waals surface area contributed by atoms with E-state index in [9.17, 15) is 5.26 Å². The Bertz CT molecular complexity index is 1130. The molecule has 0 aliphatic carbocycles. The molecule has 1 aromatic heterocycles. The second kappa shape index (κ2) is 7.34. The number of nitrogens with zero attached hydrogens (tertiary/aromatic N) is 4. The van der Waals surface area contributed by atoms with E-state index in [-0.39, 0.29) is 22.9 Å². The molecule has 1 atom stereocenters. The lowest BCUT2D eigenvalue weighted by Crippen LogP contribution is -2.47. The number of rotatable bonds is 3. The molecule has 152 valence electrons. The largest absolute Gasteiger partial charge is 0.382 e. The predicted molar refractivity (Wildman–Crippen MR) is 121 cm³/mol. The zero-order valence-electron chi connectivity index (χ0n) is 17.6. The van der Waals surface area contributed by atoms with Crippen LogP contribution in [0, 0.1) is 11.3 Å². The molecule has 4 rings (SSSR count). The van der Waals surface area contributed by atoms with Crippen LogP contribution in [0.3, 0.4) is 0 Å². The molecule has 1 unspecified atom stereocenters. The molecule has 2 heterocycles. The first-order valence-electron chi connectivity index (χ1n) is 10.1. The Balaban J connectivity index is 1.82. The van der Waals surface area contributed by atoms with Gasteiger partial charge in [-0.25, -0.2) is 4.98 Å². The first-order chi connectivity index (χ1) is 14.3. The Labute approximate surface area is 177 Å². The highest BCUT2D eigenvalue weighted by molar-refractivity contribution is 5.76. The van der Waals surface area contributed by atoms with Gasteiger partial charge in [-0.3, -0.25) is 0 Å². The van der Waals surface area contributed by atoms with E-state index in [0.717, 1.165) is 18.5 Å². The molecule has 4 N–H and O–H groups in total. The molecule has 0 radical (unpaired) electrons. The van der Waals surface area contributed by atoms with Crippen molar-refractivity contribution in [1.82, 2.24) is 9.97 Å². The summed E-state index contributed by atoms with van der Waals surface area (Å²) in [4.78, 5) is 10.7. The normalized spacial score (nSPS) is 17.3. The molecule has 2 aromatic carbocycles. The number of hydrogen-bond acceptors (Lipinski definition) is 6. The van der Waals surface area contributed by atoms with Crippen molar-refractivity contribution in [1.29, 1.82) is 5.26 Å². The summed E-state index contributed by atoms with van der Waals surface area (Å²) in [6.45, 7) is 7.67. The van der Waals surface area contributed by atoms with Crippen molar-refractivity contribution < 1.29 is 0 Å². The number of nitriles is 1. The number of nitrogens with two attached hydrogens (primary N) is 2. The summed E-state index contributed by atoms with van der Waals surface area (Å²) in [5, 5.41) is 9.56. The van der Waals surface area contributed by atoms with E-state index in [4.69, 9.17) is 11.5 Å². The zero-order valence-corrected chi connectivity index (χ0v) is 17.6. The Hall–Kier alpha value is -3.59. The summed E-state index contributed by atoms with van der Waals surface area (Å²) in [7, 11) is 0. The molecule has 30 heavy (non-hydrogen) atoms. The van der Waals surface area contributed by atoms with Crippen molar-refractivity contribution >= 4 is 17.5 Å². The van der Waals surface area contributed by atoms with E-state index in [1.165, 1.54) is 16.8 Å². The summed E-state index contributed by atoms with van der Waals surface area (Å²) in [6.07, 6.45) is 1.02. The van der Waals surface area contributed by atoms with E-state index in [2.05, 4.69) is 78.1 Å². The van der Waals surface area contributed by atoms with Crippen molar-refractivity contribution in [3.05, 3.63) is 65.2 Å². The van der Waals surface area contributed by atoms with Gasteiger partial charge in [0, 0.05) is 23.3 Å².